The minimum Gasteiger partial charge on any atom is -0.497 e. The molecule has 0 fully saturated rings. The van der Waals surface area contributed by atoms with Crippen LogP contribution in [0.3, 0.4) is 0 Å². The number of hydrogen-bond acceptors (Lipinski definition) is 6. The number of rotatable bonds is 5. The highest BCUT2D eigenvalue weighted by Crippen LogP contribution is 2.17. The number of carboxylic acids is 1. The molecule has 1 aromatic heterocycles. The van der Waals surface area contributed by atoms with Gasteiger partial charge in [0.05, 0.1) is 17.6 Å². The molecule has 0 saturated carbocycles. The Labute approximate surface area is 120 Å². The fraction of sp³-hybridized carbons (Fsp3) is 0.0833. The molecular weight excluding hydrogens is 298 g/mol. The van der Waals surface area contributed by atoms with Crippen molar-refractivity contribution in [2.45, 2.75) is 4.90 Å². The van der Waals surface area contributed by atoms with Crippen molar-refractivity contribution in [3.8, 4) is 5.75 Å². The Morgan fingerprint density at radius 3 is 2.24 bits per heavy atom. The predicted octanol–water partition coefficient (Wildman–Crippen LogP) is 0.984. The summed E-state index contributed by atoms with van der Waals surface area (Å²) in [5, 5.41) is 8.71. The summed E-state index contributed by atoms with van der Waals surface area (Å²) < 4.78 is 31.2. The zero-order valence-corrected chi connectivity index (χ0v) is 11.7. The number of benzene rings is 1. The Hall–Kier alpha value is -2.68. The fourth-order valence-electron chi connectivity index (χ4n) is 1.43. The van der Waals surface area contributed by atoms with Crippen LogP contribution in [0, 0.1) is 0 Å². The van der Waals surface area contributed by atoms with Gasteiger partial charge in [-0.05, 0) is 24.3 Å². The first-order valence-electron chi connectivity index (χ1n) is 5.64. The Balaban J connectivity index is 2.21. The van der Waals surface area contributed by atoms with Crippen molar-refractivity contribution in [1.82, 2.24) is 9.97 Å². The number of carbonyl (C=O) groups is 1. The van der Waals surface area contributed by atoms with Gasteiger partial charge in [0.15, 0.2) is 0 Å². The van der Waals surface area contributed by atoms with E-state index >= 15 is 0 Å². The van der Waals surface area contributed by atoms with Crippen LogP contribution in [0.15, 0.2) is 41.6 Å². The van der Waals surface area contributed by atoms with Crippen molar-refractivity contribution < 1.29 is 23.1 Å². The van der Waals surface area contributed by atoms with Crippen LogP contribution in [0.25, 0.3) is 0 Å². The molecule has 0 atom stereocenters. The SMILES string of the molecule is COc1ccc(S(=O)(=O)Nc2ncc(C(=O)O)cn2)cc1. The third kappa shape index (κ3) is 3.45. The first-order chi connectivity index (χ1) is 9.92. The Morgan fingerprint density at radius 1 is 1.19 bits per heavy atom. The van der Waals surface area contributed by atoms with E-state index in [0.29, 0.717) is 5.75 Å². The van der Waals surface area contributed by atoms with E-state index in [-0.39, 0.29) is 16.4 Å². The molecule has 0 bridgehead atoms. The van der Waals surface area contributed by atoms with Gasteiger partial charge >= 0.3 is 5.97 Å². The van der Waals surface area contributed by atoms with Crippen molar-refractivity contribution in [2.75, 3.05) is 11.8 Å². The summed E-state index contributed by atoms with van der Waals surface area (Å²) in [5.74, 6) is -0.883. The van der Waals surface area contributed by atoms with Crippen molar-refractivity contribution >= 4 is 21.9 Å². The van der Waals surface area contributed by atoms with Crippen LogP contribution >= 0.6 is 0 Å². The highest BCUT2D eigenvalue weighted by molar-refractivity contribution is 7.92. The maximum atomic E-state index is 12.1. The molecule has 21 heavy (non-hydrogen) atoms. The summed E-state index contributed by atoms with van der Waals surface area (Å²) in [4.78, 5) is 17.9. The zero-order valence-electron chi connectivity index (χ0n) is 10.8. The molecule has 2 aromatic rings. The van der Waals surface area contributed by atoms with E-state index < -0.39 is 16.0 Å². The van der Waals surface area contributed by atoms with E-state index in [4.69, 9.17) is 9.84 Å². The summed E-state index contributed by atoms with van der Waals surface area (Å²) in [6.45, 7) is 0. The average Bonchev–Trinajstić information content (AvgIpc) is 2.47. The molecule has 0 spiro atoms. The lowest BCUT2D eigenvalue weighted by Crippen LogP contribution is -2.15. The monoisotopic (exact) mass is 309 g/mol. The molecule has 0 aliphatic rings. The summed E-state index contributed by atoms with van der Waals surface area (Å²) >= 11 is 0. The second-order valence-corrected chi connectivity index (χ2v) is 5.56. The molecule has 0 radical (unpaired) electrons. The maximum absolute atomic E-state index is 12.1. The van der Waals surface area contributed by atoms with E-state index in [2.05, 4.69) is 14.7 Å². The van der Waals surface area contributed by atoms with E-state index in [0.717, 1.165) is 12.4 Å². The molecule has 0 aliphatic carbocycles. The lowest BCUT2D eigenvalue weighted by atomic mass is 10.3. The smallest absolute Gasteiger partial charge is 0.338 e. The second-order valence-electron chi connectivity index (χ2n) is 3.88. The van der Waals surface area contributed by atoms with Crippen molar-refractivity contribution in [3.05, 3.63) is 42.2 Å². The molecule has 8 nitrogen and oxygen atoms in total. The number of ether oxygens (including phenoxy) is 1. The van der Waals surface area contributed by atoms with E-state index in [1.165, 1.54) is 31.4 Å². The highest BCUT2D eigenvalue weighted by atomic mass is 32.2. The number of aromatic carboxylic acids is 1. The first kappa shape index (κ1) is 14.7. The van der Waals surface area contributed by atoms with E-state index in [1.54, 1.807) is 0 Å². The van der Waals surface area contributed by atoms with Crippen molar-refractivity contribution in [1.29, 1.82) is 0 Å². The molecular formula is C12H11N3O5S. The third-order valence-electron chi connectivity index (χ3n) is 2.49. The molecule has 1 aromatic carbocycles. The maximum Gasteiger partial charge on any atom is 0.338 e. The minimum absolute atomic E-state index is 0.00853. The standard InChI is InChI=1S/C12H11N3O5S/c1-20-9-2-4-10(5-3-9)21(18,19)15-12-13-6-8(7-14-12)11(16)17/h2-7H,1H3,(H,16,17)(H,13,14,15). The van der Waals surface area contributed by atoms with Gasteiger partial charge in [0.2, 0.25) is 5.95 Å². The molecule has 0 saturated heterocycles. The minimum atomic E-state index is -3.85. The molecule has 2 rings (SSSR count). The lowest BCUT2D eigenvalue weighted by Gasteiger charge is -2.07. The van der Waals surface area contributed by atoms with Gasteiger partial charge in [-0.15, -0.1) is 0 Å². The number of anilines is 1. The van der Waals surface area contributed by atoms with Gasteiger partial charge in [0.25, 0.3) is 10.0 Å². The van der Waals surface area contributed by atoms with Gasteiger partial charge < -0.3 is 9.84 Å². The van der Waals surface area contributed by atoms with Crippen LogP contribution in [0.2, 0.25) is 0 Å². The lowest BCUT2D eigenvalue weighted by molar-refractivity contribution is 0.0696. The van der Waals surface area contributed by atoms with Crippen LogP contribution in [-0.2, 0) is 10.0 Å². The Kier molecular flexibility index (Phi) is 4.03. The molecule has 110 valence electrons. The van der Waals surface area contributed by atoms with Gasteiger partial charge in [0.1, 0.15) is 5.75 Å². The number of aromatic nitrogens is 2. The number of hydrogen-bond donors (Lipinski definition) is 2. The quantitative estimate of drug-likeness (QED) is 0.845. The van der Waals surface area contributed by atoms with Gasteiger partial charge in [-0.2, -0.15) is 0 Å². The van der Waals surface area contributed by atoms with Crippen molar-refractivity contribution in [2.24, 2.45) is 0 Å². The topological polar surface area (TPSA) is 118 Å². The summed E-state index contributed by atoms with van der Waals surface area (Å²) in [5.41, 5.74) is -0.137. The first-order valence-corrected chi connectivity index (χ1v) is 7.13. The average molecular weight is 309 g/mol. The Morgan fingerprint density at radius 2 is 1.76 bits per heavy atom. The van der Waals surface area contributed by atoms with Crippen LogP contribution < -0.4 is 9.46 Å². The van der Waals surface area contributed by atoms with E-state index in [1.807, 2.05) is 0 Å². The number of carboxylic acid groups (broad SMARTS) is 1. The normalized spacial score (nSPS) is 10.9. The summed E-state index contributed by atoms with van der Waals surface area (Å²) in [6, 6.07) is 5.74. The molecule has 0 amide bonds. The molecule has 1 heterocycles. The summed E-state index contributed by atoms with van der Waals surface area (Å²) in [6.07, 6.45) is 2.03. The van der Waals surface area contributed by atoms with Gasteiger partial charge in [0, 0.05) is 12.4 Å². The second kappa shape index (κ2) is 5.75. The predicted molar refractivity (Wildman–Crippen MR) is 72.8 cm³/mol. The van der Waals surface area contributed by atoms with Gasteiger partial charge in [-0.25, -0.2) is 27.9 Å². The summed E-state index contributed by atoms with van der Waals surface area (Å²) in [7, 11) is -2.38. The number of sulfonamides is 1. The highest BCUT2D eigenvalue weighted by Gasteiger charge is 2.16. The Bertz CT molecular complexity index is 741. The van der Waals surface area contributed by atoms with Gasteiger partial charge in [-0.3, -0.25) is 0 Å². The van der Waals surface area contributed by atoms with Crippen LogP contribution in [0.5, 0.6) is 5.75 Å². The van der Waals surface area contributed by atoms with Gasteiger partial charge in [-0.1, -0.05) is 0 Å². The van der Waals surface area contributed by atoms with Crippen LogP contribution in [-0.4, -0.2) is 36.6 Å². The van der Waals surface area contributed by atoms with Crippen molar-refractivity contribution in [3.63, 3.8) is 0 Å². The number of nitrogens with one attached hydrogen (secondary N) is 1. The third-order valence-corrected chi connectivity index (χ3v) is 3.84. The van der Waals surface area contributed by atoms with Crippen LogP contribution in [0.4, 0.5) is 5.95 Å². The number of methoxy groups -OCH3 is 1. The van der Waals surface area contributed by atoms with E-state index in [9.17, 15) is 13.2 Å². The molecule has 9 heteroatoms. The van der Waals surface area contributed by atoms with Crippen LogP contribution in [0.1, 0.15) is 10.4 Å². The largest absolute Gasteiger partial charge is 0.497 e. The molecule has 0 aliphatic heterocycles. The number of nitrogens with zero attached hydrogens (tertiary/aromatic N) is 2. The molecule has 0 unspecified atom stereocenters. The zero-order chi connectivity index (χ0) is 15.5. The molecule has 2 N–H and O–H groups in total. The fourth-order valence-corrected chi connectivity index (χ4v) is 2.38.